The molecule has 0 saturated carbocycles. The molecule has 0 spiro atoms. The highest BCUT2D eigenvalue weighted by atomic mass is 31.3. The Morgan fingerprint density at radius 3 is 1.69 bits per heavy atom. The first-order valence-corrected chi connectivity index (χ1v) is 9.27. The van der Waals surface area contributed by atoms with Crippen molar-refractivity contribution in [3.8, 4) is 0 Å². The van der Waals surface area contributed by atoms with Crippen molar-refractivity contribution in [1.82, 2.24) is 0 Å². The van der Waals surface area contributed by atoms with Gasteiger partial charge in [0.15, 0.2) is 8.38 Å². The fourth-order valence-electron chi connectivity index (χ4n) is 0.444. The summed E-state index contributed by atoms with van der Waals surface area (Å²) in [5.41, 5.74) is 0. The van der Waals surface area contributed by atoms with E-state index in [1.165, 1.54) is 0 Å². The Kier molecular flexibility index (Phi) is 5.91. The van der Waals surface area contributed by atoms with Gasteiger partial charge in [-0.3, -0.25) is 0 Å². The van der Waals surface area contributed by atoms with Gasteiger partial charge in [0.1, 0.15) is 0 Å². The maximum absolute atomic E-state index is 10.8. The minimum atomic E-state index is -5.49. The molecule has 0 aromatic heterocycles. The molecular formula is CH8O11P4. The van der Waals surface area contributed by atoms with Crippen molar-refractivity contribution in [2.45, 2.75) is 0 Å². The molecule has 0 amide bonds. The third kappa shape index (κ3) is 8.90. The molecule has 0 fully saturated rings. The average Bonchev–Trinajstić information content (AvgIpc) is 1.69. The van der Waals surface area contributed by atoms with Crippen LogP contribution in [0.5, 0.6) is 0 Å². The second-order valence-electron chi connectivity index (χ2n) is 2.14. The first-order valence-electron chi connectivity index (χ1n) is 3.09. The highest BCUT2D eigenvalue weighted by Gasteiger charge is 2.41. The van der Waals surface area contributed by atoms with Crippen LogP contribution in [0.3, 0.4) is 0 Å². The van der Waals surface area contributed by atoms with Gasteiger partial charge in [0.25, 0.3) is 0 Å². The summed E-state index contributed by atoms with van der Waals surface area (Å²) in [6.45, 7) is 0.952. The molecule has 16 heavy (non-hydrogen) atoms. The summed E-state index contributed by atoms with van der Waals surface area (Å²) < 4.78 is 42.2. The molecule has 0 aromatic carbocycles. The van der Waals surface area contributed by atoms with Gasteiger partial charge in [0, 0.05) is 6.66 Å². The molecule has 0 saturated heterocycles. The molecule has 0 bridgehead atoms. The van der Waals surface area contributed by atoms with Gasteiger partial charge in [-0.1, -0.05) is 0 Å². The van der Waals surface area contributed by atoms with Gasteiger partial charge in [-0.25, -0.2) is 18.0 Å². The van der Waals surface area contributed by atoms with Crippen molar-refractivity contribution in [2.75, 3.05) is 6.66 Å². The van der Waals surface area contributed by atoms with Crippen LogP contribution in [0.4, 0.5) is 0 Å². The Morgan fingerprint density at radius 1 is 0.938 bits per heavy atom. The first-order chi connectivity index (χ1) is 6.83. The van der Waals surface area contributed by atoms with E-state index in [4.69, 9.17) is 24.5 Å². The number of hydrogen-bond donors (Lipinski definition) is 5. The smallest absolute Gasteiger partial charge is 0.350 e. The molecule has 0 aliphatic heterocycles. The van der Waals surface area contributed by atoms with Gasteiger partial charge >= 0.3 is 23.5 Å². The van der Waals surface area contributed by atoms with Crippen molar-refractivity contribution in [2.24, 2.45) is 0 Å². The minimum absolute atomic E-state index is 0.952. The Morgan fingerprint density at radius 2 is 1.38 bits per heavy atom. The van der Waals surface area contributed by atoms with E-state index in [2.05, 4.69) is 12.9 Å². The van der Waals surface area contributed by atoms with E-state index in [1.807, 2.05) is 0 Å². The molecular weight excluding hydrogens is 312 g/mol. The maximum Gasteiger partial charge on any atom is 0.490 e. The largest absolute Gasteiger partial charge is 0.490 e. The zero-order valence-electron chi connectivity index (χ0n) is 7.47. The van der Waals surface area contributed by atoms with Crippen molar-refractivity contribution in [3.63, 3.8) is 0 Å². The van der Waals surface area contributed by atoms with E-state index in [9.17, 15) is 13.7 Å². The van der Waals surface area contributed by atoms with Crippen molar-refractivity contribution in [3.05, 3.63) is 0 Å². The average molecular weight is 320 g/mol. The van der Waals surface area contributed by atoms with Crippen LogP contribution in [0.2, 0.25) is 0 Å². The van der Waals surface area contributed by atoms with Gasteiger partial charge in [-0.05, 0) is 0 Å². The molecule has 0 rings (SSSR count). The summed E-state index contributed by atoms with van der Waals surface area (Å²) in [5, 5.41) is 0. The van der Waals surface area contributed by atoms with E-state index < -0.39 is 31.8 Å². The Labute approximate surface area is 90.4 Å². The van der Waals surface area contributed by atoms with Gasteiger partial charge in [0.2, 0.25) is 0 Å². The molecule has 3 atom stereocenters. The predicted octanol–water partition coefficient (Wildman–Crippen LogP) is 0.264. The maximum atomic E-state index is 10.8. The van der Waals surface area contributed by atoms with Crippen LogP contribution in [0.25, 0.3) is 0 Å². The van der Waals surface area contributed by atoms with Crippen molar-refractivity contribution in [1.29, 1.82) is 0 Å². The lowest BCUT2D eigenvalue weighted by Crippen LogP contribution is -1.94. The van der Waals surface area contributed by atoms with Crippen molar-refractivity contribution >= 4 is 31.8 Å². The second-order valence-corrected chi connectivity index (χ2v) is 7.88. The molecule has 11 nitrogen and oxygen atoms in total. The third-order valence-corrected chi connectivity index (χ3v) is 5.74. The van der Waals surface area contributed by atoms with E-state index in [-0.39, 0.29) is 0 Å². The van der Waals surface area contributed by atoms with Gasteiger partial charge in [-0.15, -0.1) is 0 Å². The number of rotatable bonds is 6. The zero-order chi connectivity index (χ0) is 13.2. The van der Waals surface area contributed by atoms with Gasteiger partial charge in [0.05, 0.1) is 0 Å². The van der Waals surface area contributed by atoms with Crippen LogP contribution < -0.4 is 0 Å². The third-order valence-electron chi connectivity index (χ3n) is 0.637. The highest BCUT2D eigenvalue weighted by Crippen LogP contribution is 2.68. The van der Waals surface area contributed by atoms with Crippen LogP contribution >= 0.6 is 31.8 Å². The van der Waals surface area contributed by atoms with Crippen LogP contribution in [0.1, 0.15) is 0 Å². The second kappa shape index (κ2) is 5.63. The number of phosphoric acid groups is 3. The quantitative estimate of drug-likeness (QED) is 0.423. The predicted molar refractivity (Wildman–Crippen MR) is 50.0 cm³/mol. The molecule has 98 valence electrons. The Hall–Kier alpha value is 0.800. The molecule has 0 heterocycles. The van der Waals surface area contributed by atoms with Gasteiger partial charge in [-0.2, -0.15) is 8.62 Å². The topological polar surface area (TPSA) is 180 Å². The molecule has 0 radical (unpaired) electrons. The summed E-state index contributed by atoms with van der Waals surface area (Å²) in [6.07, 6.45) is 0. The molecule has 0 aromatic rings. The standard InChI is InChI=1S/CH8O11P4/c1-13(2)10-15(6,7)12-16(8,9)11-14(3,4)5/h2H,1H3,(H,6,7)(H,8,9)(H2,3,4,5). The zero-order valence-corrected chi connectivity index (χ0v) is 11.1. The van der Waals surface area contributed by atoms with Gasteiger partial charge < -0.3 is 24.5 Å². The fourth-order valence-corrected chi connectivity index (χ4v) is 4.53. The lowest BCUT2D eigenvalue weighted by molar-refractivity contribution is 0.207. The minimum Gasteiger partial charge on any atom is -0.350 e. The normalized spacial score (nSPS) is 22.1. The summed E-state index contributed by atoms with van der Waals surface area (Å²) >= 11 is 0. The number of hydrogen-bond acceptors (Lipinski definition) is 7. The van der Waals surface area contributed by atoms with E-state index in [0.717, 1.165) is 6.66 Å². The fraction of sp³-hybridized carbons (Fsp3) is 1.00. The summed E-state index contributed by atoms with van der Waals surface area (Å²) in [4.78, 5) is 42.2. The van der Waals surface area contributed by atoms with Crippen LogP contribution in [0.15, 0.2) is 0 Å². The SMILES string of the molecule is CP(O)OP(=O)(O)OP(=O)(O)OP(=O)(O)O. The van der Waals surface area contributed by atoms with E-state index in [0.29, 0.717) is 0 Å². The van der Waals surface area contributed by atoms with Crippen LogP contribution in [0, 0.1) is 0 Å². The monoisotopic (exact) mass is 320 g/mol. The molecule has 5 N–H and O–H groups in total. The van der Waals surface area contributed by atoms with Crippen molar-refractivity contribution < 1.29 is 51.1 Å². The lowest BCUT2D eigenvalue weighted by Gasteiger charge is -2.16. The van der Waals surface area contributed by atoms with Crippen LogP contribution in [-0.2, 0) is 26.6 Å². The molecule has 0 aliphatic rings. The van der Waals surface area contributed by atoms with Crippen LogP contribution in [-0.4, -0.2) is 31.1 Å². The molecule has 15 heteroatoms. The first kappa shape index (κ1) is 16.8. The lowest BCUT2D eigenvalue weighted by atomic mass is 12.0. The van der Waals surface area contributed by atoms with E-state index >= 15 is 0 Å². The Balaban J connectivity index is 4.65. The highest BCUT2D eigenvalue weighted by molar-refractivity contribution is 7.69. The van der Waals surface area contributed by atoms with E-state index in [1.54, 1.807) is 0 Å². The molecule has 0 aliphatic carbocycles. The summed E-state index contributed by atoms with van der Waals surface area (Å²) in [6, 6.07) is 0. The summed E-state index contributed by atoms with van der Waals surface area (Å²) in [7, 11) is -18.4. The summed E-state index contributed by atoms with van der Waals surface area (Å²) in [5.74, 6) is 0. The molecule has 3 unspecified atom stereocenters. The Bertz CT molecular complexity index is 364.